The fraction of sp³-hybridized carbons (Fsp3) is 0.414. The molecule has 1 spiro atoms. The molecule has 2 atom stereocenters. The Kier molecular flexibility index (Phi) is 6.86. The van der Waals surface area contributed by atoms with Gasteiger partial charge in [-0.3, -0.25) is 9.59 Å². The second-order valence-corrected chi connectivity index (χ2v) is 10.6. The van der Waals surface area contributed by atoms with Crippen molar-refractivity contribution in [1.82, 2.24) is 15.0 Å². The number of benzene rings is 2. The third-order valence-electron chi connectivity index (χ3n) is 7.59. The average Bonchev–Trinajstić information content (AvgIpc) is 3.38. The van der Waals surface area contributed by atoms with Crippen LogP contribution in [-0.4, -0.2) is 57.6 Å². The van der Waals surface area contributed by atoms with Crippen LogP contribution >= 0.6 is 0 Å². The summed E-state index contributed by atoms with van der Waals surface area (Å²) in [6.07, 6.45) is 0.639. The van der Waals surface area contributed by atoms with Crippen molar-refractivity contribution in [2.45, 2.75) is 45.3 Å². The molecule has 0 aliphatic carbocycles. The third kappa shape index (κ3) is 4.90. The highest BCUT2D eigenvalue weighted by molar-refractivity contribution is 5.93. The summed E-state index contributed by atoms with van der Waals surface area (Å²) in [5, 5.41) is 15.3. The number of aromatic nitrogens is 1. The molecule has 0 bridgehead atoms. The van der Waals surface area contributed by atoms with Crippen LogP contribution in [0.25, 0.3) is 11.3 Å². The Balaban J connectivity index is 1.31. The monoisotopic (exact) mass is 505 g/mol. The summed E-state index contributed by atoms with van der Waals surface area (Å²) in [6.45, 7) is 5.47. The van der Waals surface area contributed by atoms with E-state index in [1.165, 1.54) is 12.1 Å². The number of rotatable bonds is 5. The molecule has 3 aromatic rings. The van der Waals surface area contributed by atoms with Gasteiger partial charge in [0.25, 0.3) is 5.91 Å². The Bertz CT molecular complexity index is 1250. The number of likely N-dealkylation sites (tertiary alicyclic amines) is 2. The summed E-state index contributed by atoms with van der Waals surface area (Å²) >= 11 is 0. The maximum absolute atomic E-state index is 14.0. The molecule has 2 fully saturated rings. The maximum atomic E-state index is 14.0. The highest BCUT2D eigenvalue weighted by atomic mass is 19.1. The predicted octanol–water partition coefficient (Wildman–Crippen LogP) is 4.69. The zero-order valence-corrected chi connectivity index (χ0v) is 21.1. The predicted molar refractivity (Wildman–Crippen MR) is 136 cm³/mol. The van der Waals surface area contributed by atoms with Crippen molar-refractivity contribution in [3.63, 3.8) is 0 Å². The van der Waals surface area contributed by atoms with E-state index in [0.29, 0.717) is 50.2 Å². The zero-order valence-electron chi connectivity index (χ0n) is 21.1. The van der Waals surface area contributed by atoms with E-state index in [-0.39, 0.29) is 35.4 Å². The summed E-state index contributed by atoms with van der Waals surface area (Å²) in [5.74, 6) is -0.224. The first-order valence-corrected chi connectivity index (χ1v) is 12.8. The molecule has 0 saturated carbocycles. The van der Waals surface area contributed by atoms with Gasteiger partial charge in [-0.25, -0.2) is 4.39 Å². The highest BCUT2D eigenvalue weighted by Crippen LogP contribution is 2.47. The van der Waals surface area contributed by atoms with Crippen LogP contribution in [0.4, 0.5) is 4.39 Å². The van der Waals surface area contributed by atoms with E-state index in [1.54, 1.807) is 23.1 Å². The first kappa shape index (κ1) is 25.1. The van der Waals surface area contributed by atoms with Gasteiger partial charge in [-0.05, 0) is 55.0 Å². The Labute approximate surface area is 215 Å². The molecule has 2 amide bonds. The van der Waals surface area contributed by atoms with E-state index in [9.17, 15) is 19.1 Å². The molecular formula is C29H32FN3O4. The van der Waals surface area contributed by atoms with E-state index >= 15 is 0 Å². The number of nitrogens with zero attached hydrogens (tertiary/aromatic N) is 3. The number of piperidine rings is 2. The van der Waals surface area contributed by atoms with Crippen LogP contribution < -0.4 is 0 Å². The molecule has 2 aliphatic heterocycles. The van der Waals surface area contributed by atoms with E-state index in [2.05, 4.69) is 19.0 Å². The largest absolute Gasteiger partial charge is 0.391 e. The first-order valence-electron chi connectivity index (χ1n) is 12.8. The Morgan fingerprint density at radius 3 is 2.46 bits per heavy atom. The van der Waals surface area contributed by atoms with Crippen molar-refractivity contribution in [3.8, 4) is 11.3 Å². The number of hydrogen-bond donors (Lipinski definition) is 1. The van der Waals surface area contributed by atoms with Gasteiger partial charge in [0.2, 0.25) is 11.7 Å². The summed E-state index contributed by atoms with van der Waals surface area (Å²) < 4.78 is 18.5. The van der Waals surface area contributed by atoms with Crippen molar-refractivity contribution in [3.05, 3.63) is 77.8 Å². The minimum atomic E-state index is -0.697. The molecule has 8 heteroatoms. The molecule has 37 heavy (non-hydrogen) atoms. The van der Waals surface area contributed by atoms with Gasteiger partial charge in [-0.2, -0.15) is 0 Å². The van der Waals surface area contributed by atoms with Gasteiger partial charge >= 0.3 is 0 Å². The SMILES string of the molecule is CC(C)CN1C(=O)C2(CCN(C(=O)c3cc(-c4ccc(F)cc4)no3)CC2)C[C@@H](O)[C@@H]1c1ccccc1. The number of halogens is 1. The Hall–Kier alpha value is -3.52. The summed E-state index contributed by atoms with van der Waals surface area (Å²) in [5.41, 5.74) is 1.35. The minimum absolute atomic E-state index is 0.0608. The smallest absolute Gasteiger partial charge is 0.292 e. The molecule has 2 aliphatic rings. The molecule has 0 unspecified atom stereocenters. The van der Waals surface area contributed by atoms with Crippen molar-refractivity contribution in [2.24, 2.45) is 11.3 Å². The molecule has 0 radical (unpaired) electrons. The van der Waals surface area contributed by atoms with Gasteiger partial charge in [0.1, 0.15) is 11.5 Å². The molecule has 1 aromatic heterocycles. The number of carbonyl (C=O) groups is 2. The first-order chi connectivity index (χ1) is 17.8. The quantitative estimate of drug-likeness (QED) is 0.544. The van der Waals surface area contributed by atoms with Crippen molar-refractivity contribution < 1.29 is 23.6 Å². The lowest BCUT2D eigenvalue weighted by atomic mass is 9.68. The van der Waals surface area contributed by atoms with Crippen LogP contribution in [0, 0.1) is 17.2 Å². The molecule has 2 saturated heterocycles. The summed E-state index contributed by atoms with van der Waals surface area (Å²) in [6, 6.07) is 16.7. The van der Waals surface area contributed by atoms with Crippen LogP contribution in [0.15, 0.2) is 65.2 Å². The van der Waals surface area contributed by atoms with Crippen LogP contribution in [0.3, 0.4) is 0 Å². The highest BCUT2D eigenvalue weighted by Gasteiger charge is 2.52. The molecule has 3 heterocycles. The van der Waals surface area contributed by atoms with E-state index in [4.69, 9.17) is 4.52 Å². The lowest BCUT2D eigenvalue weighted by Crippen LogP contribution is -2.59. The van der Waals surface area contributed by atoms with Gasteiger partial charge in [0.05, 0.1) is 17.6 Å². The molecule has 2 aromatic carbocycles. The fourth-order valence-electron chi connectivity index (χ4n) is 5.72. The van der Waals surface area contributed by atoms with Gasteiger partial charge < -0.3 is 19.4 Å². The lowest BCUT2D eigenvalue weighted by molar-refractivity contribution is -0.164. The van der Waals surface area contributed by atoms with E-state index in [1.807, 2.05) is 35.2 Å². The number of amides is 2. The van der Waals surface area contributed by atoms with Crippen LogP contribution in [-0.2, 0) is 4.79 Å². The number of hydrogen-bond acceptors (Lipinski definition) is 5. The molecule has 5 rings (SSSR count). The standard InChI is InChI=1S/C29H32FN3O4/c1-19(2)18-33-26(21-6-4-3-5-7-21)24(34)17-29(28(33)36)12-14-32(15-13-29)27(35)25-16-23(31-37-25)20-8-10-22(30)11-9-20/h3-11,16,19,24,26,34H,12-15,17-18H2,1-2H3/t24-,26+/m1/s1. The molecule has 7 nitrogen and oxygen atoms in total. The molecule has 194 valence electrons. The lowest BCUT2D eigenvalue weighted by Gasteiger charge is -2.51. The number of aliphatic hydroxyl groups is 1. The van der Waals surface area contributed by atoms with Gasteiger partial charge in [0, 0.05) is 31.3 Å². The normalized spacial score (nSPS) is 21.6. The summed E-state index contributed by atoms with van der Waals surface area (Å²) in [7, 11) is 0. The molecular weight excluding hydrogens is 473 g/mol. The van der Waals surface area contributed by atoms with E-state index < -0.39 is 11.5 Å². The third-order valence-corrected chi connectivity index (χ3v) is 7.59. The molecule has 1 N–H and O–H groups in total. The zero-order chi connectivity index (χ0) is 26.2. The average molecular weight is 506 g/mol. The minimum Gasteiger partial charge on any atom is -0.391 e. The van der Waals surface area contributed by atoms with Crippen LogP contribution in [0.2, 0.25) is 0 Å². The second-order valence-electron chi connectivity index (χ2n) is 10.6. The maximum Gasteiger partial charge on any atom is 0.292 e. The van der Waals surface area contributed by atoms with Gasteiger partial charge in [0.15, 0.2) is 0 Å². The van der Waals surface area contributed by atoms with Gasteiger partial charge in [-0.15, -0.1) is 0 Å². The van der Waals surface area contributed by atoms with Gasteiger partial charge in [-0.1, -0.05) is 49.3 Å². The Morgan fingerprint density at radius 1 is 1.14 bits per heavy atom. The van der Waals surface area contributed by atoms with Crippen molar-refractivity contribution in [1.29, 1.82) is 0 Å². The van der Waals surface area contributed by atoms with Crippen molar-refractivity contribution in [2.75, 3.05) is 19.6 Å². The fourth-order valence-corrected chi connectivity index (χ4v) is 5.72. The topological polar surface area (TPSA) is 86.9 Å². The van der Waals surface area contributed by atoms with Crippen LogP contribution in [0.1, 0.15) is 55.3 Å². The van der Waals surface area contributed by atoms with Crippen molar-refractivity contribution >= 4 is 11.8 Å². The van der Waals surface area contributed by atoms with Crippen LogP contribution in [0.5, 0.6) is 0 Å². The number of carbonyl (C=O) groups excluding carboxylic acids is 2. The second kappa shape index (κ2) is 10.1. The number of aliphatic hydroxyl groups excluding tert-OH is 1. The van der Waals surface area contributed by atoms with E-state index in [0.717, 1.165) is 5.56 Å². The summed E-state index contributed by atoms with van der Waals surface area (Å²) in [4.78, 5) is 30.6. The Morgan fingerprint density at radius 2 is 1.81 bits per heavy atom.